The van der Waals surface area contributed by atoms with Crippen LogP contribution in [0, 0.1) is 0 Å². The number of benzene rings is 16. The monoisotopic (exact) mass is 1240 g/mol. The topological polar surface area (TPSA) is 61.4 Å². The molecule has 0 aliphatic carbocycles. The number of fused-ring (bicyclic) bond motifs is 10. The fourth-order valence-corrected chi connectivity index (χ4v) is 15.5. The molecule has 98 heavy (non-hydrogen) atoms. The van der Waals surface area contributed by atoms with Crippen LogP contribution in [0.3, 0.4) is 0 Å². The molecule has 0 saturated heterocycles. The van der Waals surface area contributed by atoms with Gasteiger partial charge < -0.3 is 0 Å². The van der Waals surface area contributed by atoms with Gasteiger partial charge in [-0.25, -0.2) is 15.0 Å². The Kier molecular flexibility index (Phi) is 12.6. The molecule has 20 aromatic rings. The third-order valence-corrected chi connectivity index (χ3v) is 20.1. The van der Waals surface area contributed by atoms with Gasteiger partial charge in [0.2, 0.25) is 0 Å². The number of hydrogen-bond acceptors (Lipinski definition) is 4. The molecule has 0 saturated carbocycles. The van der Waals surface area contributed by atoms with Crippen molar-refractivity contribution < 1.29 is 0 Å². The van der Waals surface area contributed by atoms with E-state index in [4.69, 9.17) is 19.9 Å². The highest BCUT2D eigenvalue weighted by atomic mass is 15.1. The van der Waals surface area contributed by atoms with Gasteiger partial charge in [-0.2, -0.15) is 0 Å². The first kappa shape index (κ1) is 55.3. The first-order valence-electron chi connectivity index (χ1n) is 33.4. The Morgan fingerprint density at radius 1 is 0.204 bits per heavy atom. The number of para-hydroxylation sites is 4. The fraction of sp³-hybridized carbons (Fsp3) is 0. The van der Waals surface area contributed by atoms with Crippen LogP contribution in [0.4, 0.5) is 0 Å². The van der Waals surface area contributed by atoms with Crippen LogP contribution < -0.4 is 0 Å². The van der Waals surface area contributed by atoms with Gasteiger partial charge in [0.15, 0.2) is 0 Å². The summed E-state index contributed by atoms with van der Waals surface area (Å²) in [5.41, 5.74) is 20.5. The molecule has 0 bridgehead atoms. The van der Waals surface area contributed by atoms with E-state index in [-0.39, 0.29) is 0 Å². The third kappa shape index (κ3) is 8.96. The average Bonchev–Trinajstić information content (AvgIpc) is 0.911. The van der Waals surface area contributed by atoms with Crippen molar-refractivity contribution in [1.29, 1.82) is 0 Å². The lowest BCUT2D eigenvalue weighted by molar-refractivity contribution is 1.05. The SMILES string of the molecule is c1ccc2cc(-c3c4ccccc4c(-c4ccc(-c5nc6cc(-c7ccc8cc(-c9c%10ccccc%10c(-c%10ccc(-c%11nc%12ccccc%12n%11-c%11ccc%12ccccc%12n%11)cc%10)c%10ccccc9%10)ccc8c7)ccc6n5-c5cnc6ccccc6c5)cc4)c4ccccc34)ccc2c1. The molecule has 0 radical (unpaired) electrons. The first-order chi connectivity index (χ1) is 48.6. The van der Waals surface area contributed by atoms with Crippen molar-refractivity contribution in [2.45, 2.75) is 0 Å². The number of imidazole rings is 2. The van der Waals surface area contributed by atoms with E-state index in [1.54, 1.807) is 0 Å². The third-order valence-electron chi connectivity index (χ3n) is 20.1. The van der Waals surface area contributed by atoms with Crippen LogP contribution in [0.25, 0.3) is 198 Å². The fourth-order valence-electron chi connectivity index (χ4n) is 15.5. The lowest BCUT2D eigenvalue weighted by atomic mass is 9.85. The van der Waals surface area contributed by atoms with Crippen molar-refractivity contribution in [2.75, 3.05) is 0 Å². The molecule has 0 N–H and O–H groups in total. The van der Waals surface area contributed by atoms with Crippen molar-refractivity contribution in [3.63, 3.8) is 0 Å². The molecule has 0 unspecified atom stereocenters. The van der Waals surface area contributed by atoms with Crippen LogP contribution >= 0.6 is 0 Å². The summed E-state index contributed by atoms with van der Waals surface area (Å²) >= 11 is 0. The zero-order valence-electron chi connectivity index (χ0n) is 53.0. The smallest absolute Gasteiger partial charge is 0.146 e. The van der Waals surface area contributed by atoms with Crippen molar-refractivity contribution in [3.8, 4) is 89.9 Å². The second kappa shape index (κ2) is 22.2. The summed E-state index contributed by atoms with van der Waals surface area (Å²) in [5, 5.41) is 16.7. The molecule has 16 aromatic carbocycles. The van der Waals surface area contributed by atoms with E-state index in [2.05, 4.69) is 325 Å². The molecule has 0 fully saturated rings. The quantitative estimate of drug-likeness (QED) is 0.135. The lowest BCUT2D eigenvalue weighted by Crippen LogP contribution is -2.00. The lowest BCUT2D eigenvalue weighted by Gasteiger charge is -2.18. The molecule has 454 valence electrons. The highest BCUT2D eigenvalue weighted by molar-refractivity contribution is 6.23. The Bertz CT molecular complexity index is 6560. The predicted octanol–water partition coefficient (Wildman–Crippen LogP) is 24.0. The van der Waals surface area contributed by atoms with Gasteiger partial charge in [0.05, 0.1) is 45.0 Å². The summed E-state index contributed by atoms with van der Waals surface area (Å²) in [4.78, 5) is 20.9. The van der Waals surface area contributed by atoms with Gasteiger partial charge in [-0.3, -0.25) is 14.1 Å². The van der Waals surface area contributed by atoms with Crippen molar-refractivity contribution >= 4 is 109 Å². The predicted molar refractivity (Wildman–Crippen MR) is 409 cm³/mol. The normalized spacial score (nSPS) is 11.9. The van der Waals surface area contributed by atoms with E-state index in [0.717, 1.165) is 100 Å². The van der Waals surface area contributed by atoms with E-state index in [1.165, 1.54) is 98.0 Å². The highest BCUT2D eigenvalue weighted by Crippen LogP contribution is 2.48. The van der Waals surface area contributed by atoms with Crippen LogP contribution in [0.2, 0.25) is 0 Å². The number of nitrogens with zero attached hydrogens (tertiary/aromatic N) is 6. The van der Waals surface area contributed by atoms with Crippen LogP contribution in [0.1, 0.15) is 0 Å². The zero-order valence-corrected chi connectivity index (χ0v) is 53.0. The number of pyridine rings is 2. The van der Waals surface area contributed by atoms with Crippen molar-refractivity contribution in [3.05, 3.63) is 340 Å². The van der Waals surface area contributed by atoms with Gasteiger partial charge in [-0.05, 0) is 193 Å². The Hall–Kier alpha value is -13.2. The number of hydrogen-bond donors (Lipinski definition) is 0. The van der Waals surface area contributed by atoms with Crippen LogP contribution in [0.15, 0.2) is 340 Å². The Labute approximate surface area is 563 Å². The number of aromatic nitrogens is 6. The van der Waals surface area contributed by atoms with Gasteiger partial charge in [-0.1, -0.05) is 261 Å². The molecule has 0 aliphatic rings. The largest absolute Gasteiger partial charge is 0.291 e. The van der Waals surface area contributed by atoms with Crippen molar-refractivity contribution in [2.24, 2.45) is 0 Å². The minimum atomic E-state index is 0.837. The standard InChI is InChI=1S/C92H56N6/c1-2-19-63-52-69(45-33-57(63)17-1)89-76-25-9-5-21-72(76)87(73-22-6-10-26-77(73)89)59-34-38-61(39-35-59)91-96-83-55-67(47-49-85(83)97(91)71-54-68-20-4-13-29-80(68)93-56-71)65-42-43-66-53-70(46-44-64(66)51-65)90-78-27-11-7-23-74(78)88(75-24-8-12-28-79(75)90)60-36-40-62(41-37-60)92-95-82-31-15-16-32-84(82)98(92)86-50-48-58-18-3-14-30-81(58)94-86/h1-56H. The van der Waals surface area contributed by atoms with E-state index in [1.807, 2.05) is 24.4 Å². The van der Waals surface area contributed by atoms with Crippen LogP contribution in [-0.2, 0) is 0 Å². The molecule has 6 nitrogen and oxygen atoms in total. The van der Waals surface area contributed by atoms with Crippen LogP contribution in [-0.4, -0.2) is 29.1 Å². The van der Waals surface area contributed by atoms with Gasteiger partial charge in [0, 0.05) is 21.9 Å². The Morgan fingerprint density at radius 2 is 0.571 bits per heavy atom. The molecule has 0 amide bonds. The van der Waals surface area contributed by atoms with E-state index < -0.39 is 0 Å². The molecule has 0 spiro atoms. The van der Waals surface area contributed by atoms with Gasteiger partial charge >= 0.3 is 0 Å². The Morgan fingerprint density at radius 3 is 1.15 bits per heavy atom. The molecule has 0 atom stereocenters. The second-order valence-corrected chi connectivity index (χ2v) is 25.7. The Balaban J connectivity index is 0.655. The van der Waals surface area contributed by atoms with Crippen molar-refractivity contribution in [1.82, 2.24) is 29.1 Å². The van der Waals surface area contributed by atoms with E-state index >= 15 is 0 Å². The summed E-state index contributed by atoms with van der Waals surface area (Å²) in [6.07, 6.45) is 1.98. The summed E-state index contributed by atoms with van der Waals surface area (Å²) in [5.74, 6) is 2.54. The summed E-state index contributed by atoms with van der Waals surface area (Å²) in [7, 11) is 0. The minimum absolute atomic E-state index is 0.837. The number of rotatable bonds is 9. The summed E-state index contributed by atoms with van der Waals surface area (Å²) < 4.78 is 4.46. The van der Waals surface area contributed by atoms with Gasteiger partial charge in [0.25, 0.3) is 0 Å². The first-order valence-corrected chi connectivity index (χ1v) is 33.4. The summed E-state index contributed by atoms with van der Waals surface area (Å²) in [6.45, 7) is 0. The van der Waals surface area contributed by atoms with E-state index in [0.29, 0.717) is 0 Å². The molecule has 6 heteroatoms. The minimum Gasteiger partial charge on any atom is -0.291 e. The molecule has 20 rings (SSSR count). The molecule has 4 aromatic heterocycles. The molecule has 0 aliphatic heterocycles. The molecular formula is C92H56N6. The van der Waals surface area contributed by atoms with Gasteiger partial charge in [0.1, 0.15) is 17.5 Å². The molecular weight excluding hydrogens is 1190 g/mol. The maximum absolute atomic E-state index is 5.55. The maximum atomic E-state index is 5.55. The highest BCUT2D eigenvalue weighted by Gasteiger charge is 2.23. The second-order valence-electron chi connectivity index (χ2n) is 25.7. The zero-order chi connectivity index (χ0) is 64.4. The average molecular weight is 1250 g/mol. The maximum Gasteiger partial charge on any atom is 0.146 e. The molecule has 4 heterocycles. The van der Waals surface area contributed by atoms with Crippen LogP contribution in [0.5, 0.6) is 0 Å². The van der Waals surface area contributed by atoms with Gasteiger partial charge in [-0.15, -0.1) is 0 Å². The summed E-state index contributed by atoms with van der Waals surface area (Å²) in [6, 6.07) is 121. The van der Waals surface area contributed by atoms with E-state index in [9.17, 15) is 0 Å².